The largest absolute Gasteiger partial charge is 0.481 e. The van der Waals surface area contributed by atoms with Crippen molar-refractivity contribution in [3.05, 3.63) is 0 Å². The van der Waals surface area contributed by atoms with Gasteiger partial charge in [-0.2, -0.15) is 8.42 Å². The van der Waals surface area contributed by atoms with Gasteiger partial charge in [0.1, 0.15) is 0 Å². The fraction of sp³-hybridized carbons (Fsp3) is 0.958. The van der Waals surface area contributed by atoms with E-state index in [0.717, 1.165) is 25.7 Å². The maximum absolute atomic E-state index is 11.4. The van der Waals surface area contributed by atoms with Gasteiger partial charge in [0.05, 0.1) is 18.3 Å². The predicted molar refractivity (Wildman–Crippen MR) is 126 cm³/mol. The van der Waals surface area contributed by atoms with Crippen molar-refractivity contribution < 1.29 is 37.3 Å². The van der Waals surface area contributed by atoms with Crippen molar-refractivity contribution in [1.82, 2.24) is 0 Å². The summed E-state index contributed by atoms with van der Waals surface area (Å²) in [5.74, 6) is 0.164. The monoisotopic (exact) mass is 511 g/mol. The SMILES string of the molecule is C[C@H](CCC(=O)O)[C@H]1CC[C@H]2[C@@H]3[C@H](O)[C@H](O)[C@@H]4C[C@H](OS(=O)(=O)O)CC[C@]4(C)[C@H]3CC[C@]12C.[Na]. The molecule has 0 aromatic heterocycles. The second-order valence-corrected chi connectivity index (χ2v) is 13.0. The summed E-state index contributed by atoms with van der Waals surface area (Å²) in [6.45, 7) is 6.65. The number of aliphatic hydroxyl groups is 2. The Morgan fingerprint density at radius 2 is 1.62 bits per heavy atom. The number of hydrogen-bond acceptors (Lipinski definition) is 6. The van der Waals surface area contributed by atoms with E-state index in [-0.39, 0.29) is 70.5 Å². The third-order valence-electron chi connectivity index (χ3n) is 10.5. The molecule has 0 saturated heterocycles. The van der Waals surface area contributed by atoms with E-state index < -0.39 is 34.7 Å². The van der Waals surface area contributed by atoms with Crippen molar-refractivity contribution in [1.29, 1.82) is 0 Å². The topological polar surface area (TPSA) is 141 Å². The van der Waals surface area contributed by atoms with Gasteiger partial charge in [0.2, 0.25) is 0 Å². The fourth-order valence-electron chi connectivity index (χ4n) is 9.01. The van der Waals surface area contributed by atoms with Gasteiger partial charge >= 0.3 is 16.4 Å². The molecule has 8 nitrogen and oxygen atoms in total. The minimum Gasteiger partial charge on any atom is -0.481 e. The molecule has 4 aliphatic carbocycles. The Hall–Kier alpha value is 0.260. The molecule has 4 N–H and O–H groups in total. The summed E-state index contributed by atoms with van der Waals surface area (Å²) in [5, 5.41) is 31.7. The summed E-state index contributed by atoms with van der Waals surface area (Å²) in [5.41, 5.74) is -0.203. The molecule has 4 aliphatic rings. The predicted octanol–water partition coefficient (Wildman–Crippen LogP) is 2.90. The van der Waals surface area contributed by atoms with Crippen LogP contribution in [0.4, 0.5) is 0 Å². The van der Waals surface area contributed by atoms with Crippen LogP contribution < -0.4 is 0 Å². The second kappa shape index (κ2) is 10.2. The van der Waals surface area contributed by atoms with Gasteiger partial charge in [0, 0.05) is 36.0 Å². The van der Waals surface area contributed by atoms with Crippen LogP contribution in [-0.4, -0.2) is 82.1 Å². The average Bonchev–Trinajstić information content (AvgIpc) is 3.07. The van der Waals surface area contributed by atoms with E-state index in [1.54, 1.807) is 0 Å². The molecule has 4 rings (SSSR count). The molecule has 0 aliphatic heterocycles. The molecule has 10 heteroatoms. The molecule has 34 heavy (non-hydrogen) atoms. The molecule has 0 spiro atoms. The molecule has 191 valence electrons. The quantitative estimate of drug-likeness (QED) is 0.315. The van der Waals surface area contributed by atoms with Crippen LogP contribution in [0.1, 0.15) is 78.6 Å². The molecule has 0 aromatic rings. The molecule has 11 atom stereocenters. The van der Waals surface area contributed by atoms with Gasteiger partial charge < -0.3 is 15.3 Å². The molecular formula is C24H40NaO8S. The van der Waals surface area contributed by atoms with Crippen LogP contribution in [-0.2, 0) is 19.4 Å². The van der Waals surface area contributed by atoms with Crippen molar-refractivity contribution in [2.45, 2.75) is 96.9 Å². The minimum atomic E-state index is -4.56. The van der Waals surface area contributed by atoms with E-state index in [0.29, 0.717) is 37.5 Å². The number of hydrogen-bond donors (Lipinski definition) is 4. The molecule has 0 amide bonds. The van der Waals surface area contributed by atoms with E-state index in [2.05, 4.69) is 20.8 Å². The van der Waals surface area contributed by atoms with Gasteiger partial charge in [-0.15, -0.1) is 0 Å². The maximum Gasteiger partial charge on any atom is 0.397 e. The number of aliphatic hydroxyl groups excluding tert-OH is 2. The Kier molecular flexibility index (Phi) is 8.65. The number of carboxylic acid groups (broad SMARTS) is 1. The Balaban J connectivity index is 0.00000324. The van der Waals surface area contributed by atoms with Crippen molar-refractivity contribution in [3.8, 4) is 0 Å². The molecule has 1 radical (unpaired) electrons. The van der Waals surface area contributed by atoms with Crippen LogP contribution in [0.3, 0.4) is 0 Å². The smallest absolute Gasteiger partial charge is 0.397 e. The number of rotatable bonds is 6. The van der Waals surface area contributed by atoms with Crippen molar-refractivity contribution in [2.24, 2.45) is 46.3 Å². The summed E-state index contributed by atoms with van der Waals surface area (Å²) >= 11 is 0. The molecule has 0 heterocycles. The van der Waals surface area contributed by atoms with Gasteiger partial charge in [-0.25, -0.2) is 4.18 Å². The number of carboxylic acids is 1. The van der Waals surface area contributed by atoms with E-state index in [9.17, 15) is 23.4 Å². The minimum absolute atomic E-state index is 0. The molecule has 4 saturated carbocycles. The molecular weight excluding hydrogens is 471 g/mol. The number of carbonyl (C=O) groups is 1. The van der Waals surface area contributed by atoms with Crippen molar-refractivity contribution in [3.63, 3.8) is 0 Å². The van der Waals surface area contributed by atoms with Crippen LogP contribution in [0.2, 0.25) is 0 Å². The third-order valence-corrected chi connectivity index (χ3v) is 11.1. The molecule has 0 unspecified atom stereocenters. The first-order valence-electron chi connectivity index (χ1n) is 12.5. The van der Waals surface area contributed by atoms with E-state index in [4.69, 9.17) is 13.8 Å². The summed E-state index contributed by atoms with van der Waals surface area (Å²) in [4.78, 5) is 11.1. The maximum atomic E-state index is 11.4. The van der Waals surface area contributed by atoms with Crippen molar-refractivity contribution in [2.75, 3.05) is 0 Å². The van der Waals surface area contributed by atoms with Crippen LogP contribution in [0.5, 0.6) is 0 Å². The molecule has 0 aromatic carbocycles. The van der Waals surface area contributed by atoms with Gasteiger partial charge in [0.25, 0.3) is 0 Å². The zero-order valence-corrected chi connectivity index (χ0v) is 23.7. The Bertz CT molecular complexity index is 867. The second-order valence-electron chi connectivity index (χ2n) is 11.9. The molecule has 4 fully saturated rings. The van der Waals surface area contributed by atoms with Crippen molar-refractivity contribution >= 4 is 45.9 Å². The van der Waals surface area contributed by atoms with E-state index in [1.807, 2.05) is 0 Å². The van der Waals surface area contributed by atoms with Crippen LogP contribution in [0, 0.1) is 46.3 Å². The first-order valence-corrected chi connectivity index (χ1v) is 13.9. The first-order chi connectivity index (χ1) is 15.3. The van der Waals surface area contributed by atoms with Crippen LogP contribution >= 0.6 is 0 Å². The van der Waals surface area contributed by atoms with Gasteiger partial charge in [-0.3, -0.25) is 9.35 Å². The van der Waals surface area contributed by atoms with Crippen LogP contribution in [0.15, 0.2) is 0 Å². The Morgan fingerprint density at radius 1 is 1.00 bits per heavy atom. The third kappa shape index (κ3) is 5.02. The molecule has 0 bridgehead atoms. The van der Waals surface area contributed by atoms with E-state index in [1.165, 1.54) is 0 Å². The average molecular weight is 512 g/mol. The standard InChI is InChI=1S/C24H40O8S.Na/c1-13(4-7-19(25)26)15-5-6-16-20-17(9-11-23(15,16)2)24(3)10-8-14(32-33(29,30)31)12-18(24)21(27)22(20)28;/h13-18,20-22,27-28H,4-12H2,1-3H3,(H,25,26)(H,29,30,31);/t13-,14-,15-,16+,17+,18+,20+,21-,22+,23-,24-;/m1./s1. The zero-order chi connectivity index (χ0) is 24.3. The number of fused-ring (bicyclic) bond motifs is 5. The summed E-state index contributed by atoms with van der Waals surface area (Å²) in [6.07, 6.45) is 3.78. The summed E-state index contributed by atoms with van der Waals surface area (Å²) < 4.78 is 36.4. The zero-order valence-electron chi connectivity index (χ0n) is 20.9. The number of aliphatic carboxylic acids is 1. The van der Waals surface area contributed by atoms with Gasteiger partial charge in [-0.05, 0) is 97.7 Å². The normalized spacial score (nSPS) is 47.0. The Morgan fingerprint density at radius 3 is 2.24 bits per heavy atom. The van der Waals surface area contributed by atoms with Crippen LogP contribution in [0.25, 0.3) is 0 Å². The summed E-state index contributed by atoms with van der Waals surface area (Å²) in [7, 11) is -4.56. The summed E-state index contributed by atoms with van der Waals surface area (Å²) in [6, 6.07) is 0. The fourth-order valence-corrected chi connectivity index (χ4v) is 9.53. The first kappa shape index (κ1) is 28.8. The van der Waals surface area contributed by atoms with Gasteiger partial charge in [0.15, 0.2) is 0 Å². The Labute approximate surface area is 225 Å². The van der Waals surface area contributed by atoms with Gasteiger partial charge in [-0.1, -0.05) is 20.8 Å². The van der Waals surface area contributed by atoms with E-state index >= 15 is 0 Å².